The molecule has 22 heteroatoms. The number of nitrogens with two attached hydrogens (primary N) is 1. The zero-order chi connectivity index (χ0) is 45.0. The molecule has 0 unspecified atom stereocenters. The highest BCUT2D eigenvalue weighted by atomic mass is 32.2. The van der Waals surface area contributed by atoms with Crippen LogP contribution in [0.2, 0.25) is 0 Å². The first kappa shape index (κ1) is 50.5. The third-order valence-corrected chi connectivity index (χ3v) is 9.14. The molecule has 4 rings (SSSR count). The molecule has 0 aromatic heterocycles. The molecule has 3 amide bonds. The molecule has 3 aromatic carbocycles. The van der Waals surface area contributed by atoms with Crippen molar-refractivity contribution in [2.75, 3.05) is 38.2 Å². The molecule has 1 aliphatic rings. The van der Waals surface area contributed by atoms with Crippen molar-refractivity contribution < 1.29 is 75.2 Å². The van der Waals surface area contributed by atoms with E-state index in [-0.39, 0.29) is 37.6 Å². The number of nitrogens with zero attached hydrogens (tertiary/aromatic N) is 2. The minimum Gasteiger partial charge on any atom is -0.480 e. The Hall–Kier alpha value is -5.61. The second kappa shape index (κ2) is 24.5. The summed E-state index contributed by atoms with van der Waals surface area (Å²) in [6.45, 7) is 1.33. The number of rotatable bonds is 16. The van der Waals surface area contributed by atoms with Crippen molar-refractivity contribution in [2.24, 2.45) is 5.73 Å². The van der Waals surface area contributed by atoms with Gasteiger partial charge in [0.15, 0.2) is 0 Å². The van der Waals surface area contributed by atoms with Gasteiger partial charge in [-0.1, -0.05) is 72.8 Å². The predicted octanol–water partition coefficient (Wildman–Crippen LogP) is 4.48. The molecule has 1 aliphatic heterocycles. The number of aliphatic carboxylic acids is 3. The number of alkyl carbamates (subject to hydrolysis) is 1. The minimum absolute atomic E-state index is 0.0360. The van der Waals surface area contributed by atoms with Crippen LogP contribution in [0.25, 0.3) is 10.8 Å². The van der Waals surface area contributed by atoms with Crippen LogP contribution in [0.4, 0.5) is 31.1 Å². The Labute approximate surface area is 344 Å². The summed E-state index contributed by atoms with van der Waals surface area (Å²) < 4.78 is 68.7. The normalized spacial score (nSPS) is 14.8. The molecule has 0 saturated carbocycles. The number of likely N-dealkylation sites (tertiary alicyclic amines) is 1. The molecule has 3 atom stereocenters. The predicted molar refractivity (Wildman–Crippen MR) is 207 cm³/mol. The summed E-state index contributed by atoms with van der Waals surface area (Å²) in [4.78, 5) is 72.2. The third kappa shape index (κ3) is 18.1. The van der Waals surface area contributed by atoms with Crippen LogP contribution < -0.4 is 16.4 Å². The van der Waals surface area contributed by atoms with Crippen LogP contribution in [0.15, 0.2) is 72.8 Å². The van der Waals surface area contributed by atoms with E-state index in [9.17, 15) is 50.6 Å². The molecule has 0 radical (unpaired) electrons. The molecule has 0 spiro atoms. The Balaban J connectivity index is 0.000000758. The zero-order valence-electron chi connectivity index (χ0n) is 32.1. The maximum Gasteiger partial charge on any atom is 0.490 e. The number of ether oxygens (including phenoxy) is 1. The average molecular weight is 878 g/mol. The number of halogens is 6. The third-order valence-electron chi connectivity index (χ3n) is 8.50. The molecule has 1 fully saturated rings. The van der Waals surface area contributed by atoms with E-state index in [1.54, 1.807) is 4.90 Å². The summed E-state index contributed by atoms with van der Waals surface area (Å²) >= 11 is 1.52. The van der Waals surface area contributed by atoms with Gasteiger partial charge in [-0.05, 0) is 53.2 Å². The van der Waals surface area contributed by atoms with Gasteiger partial charge in [-0.2, -0.15) is 38.1 Å². The summed E-state index contributed by atoms with van der Waals surface area (Å²) in [6.07, 6.45) is -7.11. The number of fused-ring (bicyclic) bond motifs is 1. The lowest BCUT2D eigenvalue weighted by molar-refractivity contribution is -0.193. The van der Waals surface area contributed by atoms with Crippen molar-refractivity contribution in [2.45, 2.75) is 62.9 Å². The van der Waals surface area contributed by atoms with Gasteiger partial charge in [0.05, 0.1) is 6.54 Å². The molecule has 60 heavy (non-hydrogen) atoms. The van der Waals surface area contributed by atoms with Crippen LogP contribution in [-0.4, -0.2) is 130 Å². The number of hydrogen-bond acceptors (Lipinski definition) is 10. The number of carboxylic acids is 3. The quantitative estimate of drug-likeness (QED) is 0.109. The minimum atomic E-state index is -5.08. The molecule has 330 valence electrons. The van der Waals surface area contributed by atoms with E-state index in [0.29, 0.717) is 31.8 Å². The first-order chi connectivity index (χ1) is 28.1. The molecule has 0 bridgehead atoms. The maximum absolute atomic E-state index is 13.4. The lowest BCUT2D eigenvalue weighted by Crippen LogP contribution is -2.53. The summed E-state index contributed by atoms with van der Waals surface area (Å²) in [6, 6.07) is 21.2. The molecule has 15 nitrogen and oxygen atoms in total. The van der Waals surface area contributed by atoms with Gasteiger partial charge in [0.2, 0.25) is 11.8 Å². The van der Waals surface area contributed by atoms with Crippen molar-refractivity contribution in [1.29, 1.82) is 0 Å². The Bertz CT molecular complexity index is 1860. The Morgan fingerprint density at radius 1 is 0.900 bits per heavy atom. The zero-order valence-corrected chi connectivity index (χ0v) is 32.9. The van der Waals surface area contributed by atoms with Crippen LogP contribution in [0.3, 0.4) is 0 Å². The Kier molecular flexibility index (Phi) is 20.6. The van der Waals surface area contributed by atoms with Gasteiger partial charge in [-0.25, -0.2) is 19.2 Å². The number of amides is 3. The van der Waals surface area contributed by atoms with E-state index in [2.05, 4.69) is 10.6 Å². The number of carbonyl (C=O) groups is 6. The van der Waals surface area contributed by atoms with E-state index in [0.717, 1.165) is 34.7 Å². The second-order valence-electron chi connectivity index (χ2n) is 13.0. The van der Waals surface area contributed by atoms with Gasteiger partial charge < -0.3 is 41.3 Å². The number of carbonyl (C=O) groups excluding carboxylic acids is 3. The van der Waals surface area contributed by atoms with Crippen LogP contribution >= 0.6 is 11.8 Å². The molecular formula is C38H45F6N5O10S. The highest BCUT2D eigenvalue weighted by Gasteiger charge is 2.39. The van der Waals surface area contributed by atoms with Gasteiger partial charge >= 0.3 is 36.4 Å². The van der Waals surface area contributed by atoms with Gasteiger partial charge in [0.25, 0.3) is 0 Å². The summed E-state index contributed by atoms with van der Waals surface area (Å²) in [5.41, 5.74) is 8.11. The van der Waals surface area contributed by atoms with E-state index in [1.165, 1.54) is 11.8 Å². The molecule has 1 heterocycles. The van der Waals surface area contributed by atoms with Gasteiger partial charge in [0, 0.05) is 32.2 Å². The van der Waals surface area contributed by atoms with E-state index >= 15 is 0 Å². The second-order valence-corrected chi connectivity index (χ2v) is 14.0. The fourth-order valence-corrected chi connectivity index (χ4v) is 6.15. The Morgan fingerprint density at radius 2 is 1.48 bits per heavy atom. The number of alkyl halides is 6. The number of thioether (sulfide) groups is 1. The van der Waals surface area contributed by atoms with E-state index in [4.69, 9.17) is 30.3 Å². The van der Waals surface area contributed by atoms with Crippen molar-refractivity contribution in [3.63, 3.8) is 0 Å². The number of hydrogen-bond donors (Lipinski definition) is 6. The van der Waals surface area contributed by atoms with E-state index < -0.39 is 48.4 Å². The largest absolute Gasteiger partial charge is 0.490 e. The highest BCUT2D eigenvalue weighted by Crippen LogP contribution is 2.23. The smallest absolute Gasteiger partial charge is 0.480 e. The number of benzene rings is 3. The average Bonchev–Trinajstić information content (AvgIpc) is 3.65. The summed E-state index contributed by atoms with van der Waals surface area (Å²) in [7, 11) is 0. The molecular weight excluding hydrogens is 832 g/mol. The van der Waals surface area contributed by atoms with Crippen LogP contribution in [-0.2, 0) is 41.9 Å². The standard InChI is InChI=1S/C34H43N5O6S.2C2HF3O2/c1-46-18-16-30(33(42)43)37-31(40)22-38(20-26-13-7-12-25-11-5-6-15-28(25)26)21-27-14-8-17-39(27)32(41)29(35)19-36-34(44)45-23-24-9-3-2-4-10-24;2*3-2(4,5)1(6)7/h2-7,9-13,15,27,29-30H,8,14,16-23,35H2,1H3,(H,36,44)(H,37,40)(H,42,43);2*(H,6,7)/t27-,29-,30-;;/m0../s1. The van der Waals surface area contributed by atoms with Gasteiger partial charge in [-0.15, -0.1) is 0 Å². The van der Waals surface area contributed by atoms with Crippen LogP contribution in [0.5, 0.6) is 0 Å². The van der Waals surface area contributed by atoms with Gasteiger partial charge in [0.1, 0.15) is 18.7 Å². The van der Waals surface area contributed by atoms with Gasteiger partial charge in [-0.3, -0.25) is 14.5 Å². The summed E-state index contributed by atoms with van der Waals surface area (Å²) in [5.74, 6) is -6.65. The first-order valence-electron chi connectivity index (χ1n) is 17.9. The SMILES string of the molecule is CSCC[C@H](NC(=O)CN(Cc1cccc2ccccc12)C[C@@H]1CCCN1C(=O)[C@@H](N)CNC(=O)OCc1ccccc1)C(=O)O.O=C(O)C(F)(F)F.O=C(O)C(F)(F)F. The highest BCUT2D eigenvalue weighted by molar-refractivity contribution is 7.98. The lowest BCUT2D eigenvalue weighted by Gasteiger charge is -2.32. The number of carboxylic acid groups (broad SMARTS) is 3. The molecule has 1 saturated heterocycles. The molecule has 0 aliphatic carbocycles. The van der Waals surface area contributed by atoms with Crippen molar-refractivity contribution in [3.8, 4) is 0 Å². The fourth-order valence-electron chi connectivity index (χ4n) is 5.67. The topological polar surface area (TPSA) is 229 Å². The number of nitrogens with one attached hydrogen (secondary N) is 2. The lowest BCUT2D eigenvalue weighted by atomic mass is 10.0. The first-order valence-corrected chi connectivity index (χ1v) is 19.3. The van der Waals surface area contributed by atoms with Crippen molar-refractivity contribution in [3.05, 3.63) is 83.9 Å². The van der Waals surface area contributed by atoms with E-state index in [1.807, 2.05) is 84.0 Å². The monoisotopic (exact) mass is 877 g/mol. The van der Waals surface area contributed by atoms with Crippen molar-refractivity contribution >= 4 is 58.3 Å². The van der Waals surface area contributed by atoms with Crippen LogP contribution in [0, 0.1) is 0 Å². The maximum atomic E-state index is 13.4. The summed E-state index contributed by atoms with van der Waals surface area (Å²) in [5, 5.41) is 31.3. The molecule has 7 N–H and O–H groups in total. The van der Waals surface area contributed by atoms with Crippen molar-refractivity contribution in [1.82, 2.24) is 20.4 Å². The van der Waals surface area contributed by atoms with Crippen LogP contribution in [0.1, 0.15) is 30.4 Å². The molecule has 3 aromatic rings. The fraction of sp³-hybridized carbons (Fsp3) is 0.421. The Morgan fingerprint density at radius 3 is 2.07 bits per heavy atom.